The molecule has 0 radical (unpaired) electrons. The summed E-state index contributed by atoms with van der Waals surface area (Å²) in [5, 5.41) is 20.5. The van der Waals surface area contributed by atoms with E-state index in [0.717, 1.165) is 12.8 Å². The van der Waals surface area contributed by atoms with E-state index in [1.165, 1.54) is 11.1 Å². The topological polar surface area (TPSA) is 74.6 Å². The maximum Gasteiger partial charge on any atom is 0.190 e. The van der Waals surface area contributed by atoms with Crippen molar-refractivity contribution >= 4 is 11.6 Å². The van der Waals surface area contributed by atoms with Crippen LogP contribution in [0.4, 0.5) is 0 Å². The minimum atomic E-state index is -1.43. The third-order valence-electron chi connectivity index (χ3n) is 7.67. The van der Waals surface area contributed by atoms with Gasteiger partial charge in [-0.25, -0.2) is 0 Å². The lowest BCUT2D eigenvalue weighted by atomic mass is 9.52. The first-order valence-electron chi connectivity index (χ1n) is 9.25. The molecule has 0 amide bonds. The molecule has 25 heavy (non-hydrogen) atoms. The molecule has 1 fully saturated rings. The Morgan fingerprint density at radius 2 is 2.08 bits per heavy atom. The molecule has 4 heteroatoms. The lowest BCUT2D eigenvalue weighted by Crippen LogP contribution is -2.55. The number of hydrogen-bond donors (Lipinski definition) is 2. The number of Topliss-reactive ketones (excluding diaryl/α,β-unsaturated/α-hetero) is 1. The molecule has 5 unspecified atom stereocenters. The number of carbonyl (C=O) groups excluding carboxylic acids is 2. The average Bonchev–Trinajstić information content (AvgIpc) is 2.87. The Balaban J connectivity index is 1.77. The number of fused-ring (bicyclic) bond motifs is 5. The first-order valence-corrected chi connectivity index (χ1v) is 9.25. The Labute approximate surface area is 148 Å². The highest BCUT2D eigenvalue weighted by Gasteiger charge is 2.63. The van der Waals surface area contributed by atoms with Crippen LogP contribution in [0.1, 0.15) is 46.0 Å². The Bertz CT molecular complexity index is 745. The van der Waals surface area contributed by atoms with Crippen LogP contribution in [0.15, 0.2) is 35.5 Å². The van der Waals surface area contributed by atoms with Gasteiger partial charge in [-0.05, 0) is 50.5 Å². The molecule has 0 heterocycles. The lowest BCUT2D eigenvalue weighted by molar-refractivity contribution is -0.155. The highest BCUT2D eigenvalue weighted by atomic mass is 16.3. The largest absolute Gasteiger partial charge is 0.388 e. The van der Waals surface area contributed by atoms with Gasteiger partial charge in [0.25, 0.3) is 0 Å². The van der Waals surface area contributed by atoms with Crippen molar-refractivity contribution in [2.45, 2.75) is 51.6 Å². The summed E-state index contributed by atoms with van der Waals surface area (Å²) in [6.45, 7) is 3.59. The van der Waals surface area contributed by atoms with Gasteiger partial charge in [-0.15, -0.1) is 0 Å². The van der Waals surface area contributed by atoms with Crippen molar-refractivity contribution < 1.29 is 19.8 Å². The molecular formula is C21H26O4. The second-order valence-electron chi connectivity index (χ2n) is 8.62. The highest BCUT2D eigenvalue weighted by Crippen LogP contribution is 2.64. The summed E-state index contributed by atoms with van der Waals surface area (Å²) in [5.74, 6) is 0.211. The third-order valence-corrected chi connectivity index (χ3v) is 7.67. The molecule has 0 saturated heterocycles. The monoisotopic (exact) mass is 342 g/mol. The van der Waals surface area contributed by atoms with Gasteiger partial charge in [0.05, 0.1) is 0 Å². The van der Waals surface area contributed by atoms with Gasteiger partial charge in [-0.3, -0.25) is 9.59 Å². The first-order chi connectivity index (χ1) is 11.8. The summed E-state index contributed by atoms with van der Waals surface area (Å²) in [6.07, 6.45) is 11.4. The van der Waals surface area contributed by atoms with Crippen LogP contribution in [0.3, 0.4) is 0 Å². The van der Waals surface area contributed by atoms with Crippen LogP contribution in [0.5, 0.6) is 0 Å². The first kappa shape index (κ1) is 16.9. The summed E-state index contributed by atoms with van der Waals surface area (Å²) < 4.78 is 0. The van der Waals surface area contributed by atoms with Gasteiger partial charge in [0, 0.05) is 17.3 Å². The lowest BCUT2D eigenvalue weighted by Gasteiger charge is -2.52. The molecule has 1 saturated carbocycles. The zero-order valence-corrected chi connectivity index (χ0v) is 14.9. The van der Waals surface area contributed by atoms with Crippen LogP contribution >= 0.6 is 0 Å². The third kappa shape index (κ3) is 2.01. The van der Waals surface area contributed by atoms with Crippen molar-refractivity contribution in [3.8, 4) is 0 Å². The predicted molar refractivity (Wildman–Crippen MR) is 93.6 cm³/mol. The Hall–Kier alpha value is -1.52. The molecule has 4 rings (SSSR count). The molecule has 5 atom stereocenters. The van der Waals surface area contributed by atoms with E-state index in [-0.39, 0.29) is 23.0 Å². The molecule has 2 N–H and O–H groups in total. The van der Waals surface area contributed by atoms with Crippen LogP contribution in [-0.2, 0) is 9.59 Å². The van der Waals surface area contributed by atoms with Crippen molar-refractivity contribution in [3.63, 3.8) is 0 Å². The fraction of sp³-hybridized carbons (Fsp3) is 0.619. The Morgan fingerprint density at radius 3 is 2.80 bits per heavy atom. The molecular weight excluding hydrogens is 316 g/mol. The van der Waals surface area contributed by atoms with Crippen molar-refractivity contribution in [1.29, 1.82) is 0 Å². The van der Waals surface area contributed by atoms with Crippen molar-refractivity contribution in [3.05, 3.63) is 35.5 Å². The molecule has 0 spiro atoms. The van der Waals surface area contributed by atoms with Crippen molar-refractivity contribution in [2.75, 3.05) is 6.61 Å². The molecule has 4 aliphatic carbocycles. The Kier molecular flexibility index (Phi) is 3.55. The number of aliphatic hydroxyl groups excluding tert-OH is 1. The average molecular weight is 342 g/mol. The van der Waals surface area contributed by atoms with Crippen LogP contribution in [0.2, 0.25) is 0 Å². The number of aliphatic hydroxyl groups is 2. The van der Waals surface area contributed by atoms with E-state index in [0.29, 0.717) is 19.3 Å². The minimum absolute atomic E-state index is 0.159. The van der Waals surface area contributed by atoms with E-state index in [2.05, 4.69) is 19.1 Å². The predicted octanol–water partition coefficient (Wildman–Crippen LogP) is 2.51. The van der Waals surface area contributed by atoms with Gasteiger partial charge in [0.1, 0.15) is 12.2 Å². The minimum Gasteiger partial charge on any atom is -0.388 e. The van der Waals surface area contributed by atoms with E-state index >= 15 is 0 Å². The standard InChI is InChI=1S/C21H26O4/c1-19-8-5-14(23)11-13(19)3-4-15-16(19)6-9-20(2)17(15)7-10-21(20,25)18(24)12-22/h3,5-6,8,15,17,22,25H,4,7,9-12H2,1-2H3. The van der Waals surface area contributed by atoms with Crippen molar-refractivity contribution in [1.82, 2.24) is 0 Å². The smallest absolute Gasteiger partial charge is 0.190 e. The summed E-state index contributed by atoms with van der Waals surface area (Å²) in [5.41, 5.74) is 0.358. The van der Waals surface area contributed by atoms with E-state index < -0.39 is 23.4 Å². The van der Waals surface area contributed by atoms with Crippen LogP contribution in [0.25, 0.3) is 0 Å². The summed E-state index contributed by atoms with van der Waals surface area (Å²) >= 11 is 0. The van der Waals surface area contributed by atoms with Gasteiger partial charge in [-0.2, -0.15) is 0 Å². The second kappa shape index (κ2) is 5.24. The number of carbonyl (C=O) groups is 2. The van der Waals surface area contributed by atoms with E-state index in [1.54, 1.807) is 6.08 Å². The number of allylic oxidation sites excluding steroid dienone is 6. The summed E-state index contributed by atoms with van der Waals surface area (Å²) in [7, 11) is 0. The van der Waals surface area contributed by atoms with Gasteiger partial charge in [0.15, 0.2) is 11.6 Å². The van der Waals surface area contributed by atoms with E-state index in [9.17, 15) is 19.8 Å². The molecule has 0 aromatic carbocycles. The number of rotatable bonds is 2. The second-order valence-corrected chi connectivity index (χ2v) is 8.62. The maximum absolute atomic E-state index is 12.3. The van der Waals surface area contributed by atoms with Gasteiger partial charge in [-0.1, -0.05) is 36.3 Å². The molecule has 4 nitrogen and oxygen atoms in total. The van der Waals surface area contributed by atoms with Gasteiger partial charge < -0.3 is 10.2 Å². The molecule has 4 aliphatic rings. The molecule has 134 valence electrons. The summed E-state index contributed by atoms with van der Waals surface area (Å²) in [4.78, 5) is 24.1. The number of hydrogen-bond acceptors (Lipinski definition) is 4. The Morgan fingerprint density at radius 1 is 1.32 bits per heavy atom. The van der Waals surface area contributed by atoms with Crippen LogP contribution in [0, 0.1) is 22.7 Å². The van der Waals surface area contributed by atoms with Crippen LogP contribution < -0.4 is 0 Å². The molecule has 0 aliphatic heterocycles. The van der Waals surface area contributed by atoms with Gasteiger partial charge >= 0.3 is 0 Å². The summed E-state index contributed by atoms with van der Waals surface area (Å²) in [6, 6.07) is 0. The van der Waals surface area contributed by atoms with Crippen LogP contribution in [-0.4, -0.2) is 34.0 Å². The molecule has 0 bridgehead atoms. The molecule has 0 aromatic rings. The fourth-order valence-electron chi connectivity index (χ4n) is 6.04. The zero-order chi connectivity index (χ0) is 18.0. The normalized spacial score (nSPS) is 45.2. The van der Waals surface area contributed by atoms with E-state index in [4.69, 9.17) is 0 Å². The van der Waals surface area contributed by atoms with Gasteiger partial charge in [0.2, 0.25) is 0 Å². The van der Waals surface area contributed by atoms with E-state index in [1.807, 2.05) is 13.0 Å². The SMILES string of the molecule is CC12C=CC(=O)CC1=CCC1C2=CCC2(C)C1CCC2(O)C(=O)CO. The molecule has 0 aromatic heterocycles. The quantitative estimate of drug-likeness (QED) is 0.756. The maximum atomic E-state index is 12.3. The van der Waals surface area contributed by atoms with Crippen molar-refractivity contribution in [2.24, 2.45) is 22.7 Å². The number of ketones is 2. The highest BCUT2D eigenvalue weighted by molar-refractivity contribution is 5.94. The fourth-order valence-corrected chi connectivity index (χ4v) is 6.04. The zero-order valence-electron chi connectivity index (χ0n) is 14.9.